The molecule has 1 aromatic rings. The summed E-state index contributed by atoms with van der Waals surface area (Å²) in [5.41, 5.74) is 2.09. The third-order valence-electron chi connectivity index (χ3n) is 3.19. The fourth-order valence-electron chi connectivity index (χ4n) is 1.79. The fourth-order valence-corrected chi connectivity index (χ4v) is 1.79. The van der Waals surface area contributed by atoms with Gasteiger partial charge in [0.1, 0.15) is 0 Å². The Morgan fingerprint density at radius 1 is 1.36 bits per heavy atom. The van der Waals surface area contributed by atoms with Crippen LogP contribution in [0.15, 0.2) is 24.3 Å². The van der Waals surface area contributed by atoms with Crippen LogP contribution >= 0.6 is 0 Å². The summed E-state index contributed by atoms with van der Waals surface area (Å²) >= 11 is 0. The second kappa shape index (κ2) is 3.23. The Balaban J connectivity index is 2.35. The van der Waals surface area contributed by atoms with Gasteiger partial charge in [-0.1, -0.05) is 38.1 Å². The Morgan fingerprint density at radius 3 is 2.57 bits per heavy atom. The highest BCUT2D eigenvalue weighted by atomic mass is 16.1. The quantitative estimate of drug-likeness (QED) is 0.665. The molecule has 0 N–H and O–H groups in total. The second-order valence-corrected chi connectivity index (χ2v) is 4.40. The molecule has 14 heavy (non-hydrogen) atoms. The molecular formula is C13H16O. The molecule has 74 valence electrons. The van der Waals surface area contributed by atoms with E-state index in [0.717, 1.165) is 24.8 Å². The highest BCUT2D eigenvalue weighted by Crippen LogP contribution is 2.47. The smallest absolute Gasteiger partial charge is 0.168 e. The summed E-state index contributed by atoms with van der Waals surface area (Å²) in [6.45, 7) is 4.17. The van der Waals surface area contributed by atoms with E-state index in [1.165, 1.54) is 5.56 Å². The molecule has 0 heterocycles. The van der Waals surface area contributed by atoms with Crippen molar-refractivity contribution in [3.05, 3.63) is 35.4 Å². The number of carbonyl (C=O) groups excluding carboxylic acids is 1. The largest absolute Gasteiger partial charge is 0.294 e. The molecule has 0 bridgehead atoms. The molecule has 1 nitrogen and oxygen atoms in total. The van der Waals surface area contributed by atoms with Gasteiger partial charge >= 0.3 is 0 Å². The van der Waals surface area contributed by atoms with E-state index in [1.807, 2.05) is 18.2 Å². The number of aryl methyl sites for hydroxylation is 1. The Kier molecular flexibility index (Phi) is 2.18. The van der Waals surface area contributed by atoms with E-state index in [1.54, 1.807) is 0 Å². The zero-order valence-electron chi connectivity index (χ0n) is 8.84. The highest BCUT2D eigenvalue weighted by molar-refractivity contribution is 6.03. The molecule has 0 aromatic heterocycles. The molecule has 0 spiro atoms. The van der Waals surface area contributed by atoms with Gasteiger partial charge in [-0.05, 0) is 24.8 Å². The molecule has 1 saturated carbocycles. The van der Waals surface area contributed by atoms with E-state index in [-0.39, 0.29) is 5.41 Å². The predicted molar refractivity (Wildman–Crippen MR) is 57.5 cm³/mol. The number of carbonyl (C=O) groups is 1. The van der Waals surface area contributed by atoms with Crippen LogP contribution in [-0.2, 0) is 6.42 Å². The van der Waals surface area contributed by atoms with Crippen molar-refractivity contribution in [1.29, 1.82) is 0 Å². The van der Waals surface area contributed by atoms with Crippen molar-refractivity contribution in [2.45, 2.75) is 33.1 Å². The molecule has 0 saturated heterocycles. The van der Waals surface area contributed by atoms with Gasteiger partial charge in [0.05, 0.1) is 0 Å². The van der Waals surface area contributed by atoms with Crippen molar-refractivity contribution in [2.75, 3.05) is 0 Å². The van der Waals surface area contributed by atoms with Gasteiger partial charge in [0.15, 0.2) is 5.78 Å². The van der Waals surface area contributed by atoms with Gasteiger partial charge in [-0.3, -0.25) is 4.79 Å². The minimum Gasteiger partial charge on any atom is -0.294 e. The van der Waals surface area contributed by atoms with Gasteiger partial charge in [-0.25, -0.2) is 0 Å². The Bertz CT molecular complexity index is 361. The molecule has 1 aromatic carbocycles. The van der Waals surface area contributed by atoms with Crippen LogP contribution in [0, 0.1) is 5.41 Å². The van der Waals surface area contributed by atoms with Crippen molar-refractivity contribution in [1.82, 2.24) is 0 Å². The summed E-state index contributed by atoms with van der Waals surface area (Å²) in [4.78, 5) is 12.1. The first-order valence-electron chi connectivity index (χ1n) is 5.30. The van der Waals surface area contributed by atoms with Crippen molar-refractivity contribution >= 4 is 5.78 Å². The molecule has 1 aliphatic carbocycles. The third kappa shape index (κ3) is 1.47. The lowest BCUT2D eigenvalue weighted by molar-refractivity contribution is 0.0911. The van der Waals surface area contributed by atoms with Gasteiger partial charge in [-0.15, -0.1) is 0 Å². The van der Waals surface area contributed by atoms with Crippen LogP contribution in [0.5, 0.6) is 0 Å². The van der Waals surface area contributed by atoms with Gasteiger partial charge in [0, 0.05) is 11.0 Å². The normalized spacial score (nSPS) is 17.9. The van der Waals surface area contributed by atoms with Crippen molar-refractivity contribution in [2.24, 2.45) is 5.41 Å². The maximum atomic E-state index is 12.1. The highest BCUT2D eigenvalue weighted by Gasteiger charge is 2.45. The second-order valence-electron chi connectivity index (χ2n) is 4.40. The zero-order valence-corrected chi connectivity index (χ0v) is 8.84. The van der Waals surface area contributed by atoms with Gasteiger partial charge in [0.25, 0.3) is 0 Å². The zero-order chi connectivity index (χ0) is 10.2. The number of hydrogen-bond donors (Lipinski definition) is 0. The van der Waals surface area contributed by atoms with Gasteiger partial charge in [-0.2, -0.15) is 0 Å². The van der Waals surface area contributed by atoms with E-state index < -0.39 is 0 Å². The van der Waals surface area contributed by atoms with Crippen molar-refractivity contribution < 1.29 is 4.79 Å². The molecule has 1 aliphatic rings. The topological polar surface area (TPSA) is 17.1 Å². The molecule has 1 fully saturated rings. The molecule has 0 atom stereocenters. The average Bonchev–Trinajstić information content (AvgIpc) is 2.97. The summed E-state index contributed by atoms with van der Waals surface area (Å²) in [5.74, 6) is 0.343. The fraction of sp³-hybridized carbons (Fsp3) is 0.462. The van der Waals surface area contributed by atoms with E-state index >= 15 is 0 Å². The van der Waals surface area contributed by atoms with Crippen LogP contribution in [0.25, 0.3) is 0 Å². The lowest BCUT2D eigenvalue weighted by Gasteiger charge is -2.10. The van der Waals surface area contributed by atoms with E-state index in [4.69, 9.17) is 0 Å². The molecule has 2 rings (SSSR count). The third-order valence-corrected chi connectivity index (χ3v) is 3.19. The predicted octanol–water partition coefficient (Wildman–Crippen LogP) is 3.23. The first-order valence-corrected chi connectivity index (χ1v) is 5.30. The van der Waals surface area contributed by atoms with Crippen LogP contribution in [0.1, 0.15) is 42.6 Å². The maximum Gasteiger partial charge on any atom is 0.168 e. The monoisotopic (exact) mass is 188 g/mol. The molecule has 0 unspecified atom stereocenters. The van der Waals surface area contributed by atoms with E-state index in [2.05, 4.69) is 19.9 Å². The molecule has 0 radical (unpaired) electrons. The molecule has 1 heteroatoms. The Labute approximate surface area is 85.1 Å². The summed E-state index contributed by atoms with van der Waals surface area (Å²) in [6.07, 6.45) is 3.06. The van der Waals surface area contributed by atoms with Gasteiger partial charge < -0.3 is 0 Å². The van der Waals surface area contributed by atoms with Crippen molar-refractivity contribution in [3.63, 3.8) is 0 Å². The summed E-state index contributed by atoms with van der Waals surface area (Å²) < 4.78 is 0. The molecule has 0 aliphatic heterocycles. The van der Waals surface area contributed by atoms with Crippen molar-refractivity contribution in [3.8, 4) is 0 Å². The van der Waals surface area contributed by atoms with Crippen LogP contribution in [0.4, 0.5) is 0 Å². The number of rotatable bonds is 3. The SMILES string of the molecule is CCc1ccccc1C(=O)C1(C)CC1. The summed E-state index contributed by atoms with van der Waals surface area (Å²) in [6, 6.07) is 7.98. The first-order chi connectivity index (χ1) is 6.67. The Morgan fingerprint density at radius 2 is 2.00 bits per heavy atom. The van der Waals surface area contributed by atoms with Crippen LogP contribution < -0.4 is 0 Å². The van der Waals surface area contributed by atoms with E-state index in [9.17, 15) is 4.79 Å². The minimum atomic E-state index is -0.0364. The lowest BCUT2D eigenvalue weighted by atomic mass is 9.92. The van der Waals surface area contributed by atoms with Gasteiger partial charge in [0.2, 0.25) is 0 Å². The minimum absolute atomic E-state index is 0.0364. The molecule has 0 amide bonds. The molecular weight excluding hydrogens is 172 g/mol. The van der Waals surface area contributed by atoms with E-state index in [0.29, 0.717) is 5.78 Å². The average molecular weight is 188 g/mol. The number of benzene rings is 1. The standard InChI is InChI=1S/C13H16O/c1-3-10-6-4-5-7-11(10)12(14)13(2)8-9-13/h4-7H,3,8-9H2,1-2H3. The summed E-state index contributed by atoms with van der Waals surface area (Å²) in [7, 11) is 0. The Hall–Kier alpha value is -1.11. The van der Waals surface area contributed by atoms with Crippen LogP contribution in [0.2, 0.25) is 0 Å². The van der Waals surface area contributed by atoms with Crippen LogP contribution in [-0.4, -0.2) is 5.78 Å². The lowest BCUT2D eigenvalue weighted by Crippen LogP contribution is -2.13. The maximum absolute atomic E-state index is 12.1. The number of Topliss-reactive ketones (excluding diaryl/α,β-unsaturated/α-hetero) is 1. The number of ketones is 1. The number of hydrogen-bond acceptors (Lipinski definition) is 1. The summed E-state index contributed by atoms with van der Waals surface area (Å²) in [5, 5.41) is 0. The van der Waals surface area contributed by atoms with Crippen LogP contribution in [0.3, 0.4) is 0 Å². The first kappa shape index (κ1) is 9.45.